The van der Waals surface area contributed by atoms with Crippen molar-refractivity contribution in [2.45, 2.75) is 6.92 Å². The molecular formula is C26H28N6. The zero-order chi connectivity index (χ0) is 22.1. The average molecular weight is 425 g/mol. The van der Waals surface area contributed by atoms with Crippen LogP contribution in [0.5, 0.6) is 0 Å². The van der Waals surface area contributed by atoms with Gasteiger partial charge in [0.15, 0.2) is 0 Å². The molecule has 1 aromatic heterocycles. The van der Waals surface area contributed by atoms with Crippen LogP contribution in [0.3, 0.4) is 0 Å². The molecule has 32 heavy (non-hydrogen) atoms. The lowest BCUT2D eigenvalue weighted by molar-refractivity contribution is 0.312. The quantitative estimate of drug-likeness (QED) is 0.464. The Morgan fingerprint density at radius 2 is 1.75 bits per heavy atom. The van der Waals surface area contributed by atoms with Crippen molar-refractivity contribution in [1.29, 1.82) is 0 Å². The number of nitrogen functional groups attached to an aromatic ring is 1. The molecule has 0 atom stereocenters. The van der Waals surface area contributed by atoms with Gasteiger partial charge in [-0.25, -0.2) is 9.97 Å². The molecule has 4 aromatic rings. The van der Waals surface area contributed by atoms with E-state index in [1.807, 2.05) is 36.5 Å². The van der Waals surface area contributed by atoms with Gasteiger partial charge in [0.25, 0.3) is 0 Å². The summed E-state index contributed by atoms with van der Waals surface area (Å²) in [4.78, 5) is 14.2. The number of fused-ring (bicyclic) bond motifs is 1. The van der Waals surface area contributed by atoms with Gasteiger partial charge in [0.1, 0.15) is 0 Å². The van der Waals surface area contributed by atoms with E-state index in [1.54, 1.807) is 0 Å². The molecule has 6 heteroatoms. The van der Waals surface area contributed by atoms with Crippen molar-refractivity contribution in [1.82, 2.24) is 14.9 Å². The fourth-order valence-corrected chi connectivity index (χ4v) is 4.32. The van der Waals surface area contributed by atoms with E-state index in [2.05, 4.69) is 64.4 Å². The van der Waals surface area contributed by atoms with Crippen LogP contribution in [0.15, 0.2) is 66.9 Å². The monoisotopic (exact) mass is 424 g/mol. The summed E-state index contributed by atoms with van der Waals surface area (Å²) in [5.74, 6) is 0.584. The van der Waals surface area contributed by atoms with Crippen LogP contribution in [-0.2, 0) is 0 Å². The van der Waals surface area contributed by atoms with E-state index in [0.29, 0.717) is 5.95 Å². The molecule has 3 aromatic carbocycles. The molecule has 0 saturated carbocycles. The topological polar surface area (TPSA) is 70.3 Å². The van der Waals surface area contributed by atoms with Crippen molar-refractivity contribution in [2.75, 3.05) is 49.2 Å². The van der Waals surface area contributed by atoms with Gasteiger partial charge in [-0.1, -0.05) is 30.3 Å². The number of piperazine rings is 1. The molecule has 6 nitrogen and oxygen atoms in total. The Hall–Kier alpha value is -3.64. The number of hydrogen-bond donors (Lipinski definition) is 2. The summed E-state index contributed by atoms with van der Waals surface area (Å²) in [6.07, 6.45) is 1.87. The SMILES string of the molecule is Cc1cc(Nc2ncc3cccc(-c4cccc(N)c4)c3n2)ccc1N1CCN(C)CC1. The van der Waals surface area contributed by atoms with Crippen molar-refractivity contribution >= 4 is 33.9 Å². The van der Waals surface area contributed by atoms with Gasteiger partial charge >= 0.3 is 0 Å². The lowest BCUT2D eigenvalue weighted by atomic mass is 10.0. The smallest absolute Gasteiger partial charge is 0.227 e. The number of nitrogens with zero attached hydrogens (tertiary/aromatic N) is 4. The van der Waals surface area contributed by atoms with Crippen molar-refractivity contribution in [3.05, 3.63) is 72.4 Å². The Labute approximate surface area is 188 Å². The maximum absolute atomic E-state index is 6.01. The summed E-state index contributed by atoms with van der Waals surface area (Å²) >= 11 is 0. The van der Waals surface area contributed by atoms with Gasteiger partial charge in [0.2, 0.25) is 5.95 Å². The van der Waals surface area contributed by atoms with Gasteiger partial charge in [-0.2, -0.15) is 0 Å². The summed E-state index contributed by atoms with van der Waals surface area (Å²) in [6.45, 7) is 6.48. The van der Waals surface area contributed by atoms with E-state index >= 15 is 0 Å². The predicted molar refractivity (Wildman–Crippen MR) is 134 cm³/mol. The summed E-state index contributed by atoms with van der Waals surface area (Å²) in [7, 11) is 2.18. The second-order valence-corrected chi connectivity index (χ2v) is 8.48. The molecule has 3 N–H and O–H groups in total. The molecule has 1 aliphatic rings. The highest BCUT2D eigenvalue weighted by molar-refractivity contribution is 5.94. The Bertz CT molecular complexity index is 1260. The molecule has 1 saturated heterocycles. The van der Waals surface area contributed by atoms with E-state index in [4.69, 9.17) is 10.7 Å². The third-order valence-corrected chi connectivity index (χ3v) is 6.11. The lowest BCUT2D eigenvalue weighted by Gasteiger charge is -2.35. The third kappa shape index (κ3) is 4.09. The molecule has 0 spiro atoms. The van der Waals surface area contributed by atoms with Gasteiger partial charge < -0.3 is 20.9 Å². The van der Waals surface area contributed by atoms with E-state index in [9.17, 15) is 0 Å². The highest BCUT2D eigenvalue weighted by Crippen LogP contribution is 2.30. The molecule has 1 fully saturated rings. The van der Waals surface area contributed by atoms with Crippen molar-refractivity contribution in [3.63, 3.8) is 0 Å². The van der Waals surface area contributed by atoms with Crippen molar-refractivity contribution in [3.8, 4) is 11.1 Å². The van der Waals surface area contributed by atoms with E-state index in [1.165, 1.54) is 11.3 Å². The maximum Gasteiger partial charge on any atom is 0.227 e. The zero-order valence-corrected chi connectivity index (χ0v) is 18.5. The molecular weight excluding hydrogens is 396 g/mol. The summed E-state index contributed by atoms with van der Waals surface area (Å²) in [5, 5.41) is 4.39. The van der Waals surface area contributed by atoms with Gasteiger partial charge in [-0.3, -0.25) is 0 Å². The number of rotatable bonds is 4. The second kappa shape index (κ2) is 8.48. The molecule has 0 amide bonds. The van der Waals surface area contributed by atoms with Crippen LogP contribution in [0.25, 0.3) is 22.0 Å². The molecule has 5 rings (SSSR count). The van der Waals surface area contributed by atoms with Crippen LogP contribution in [0.4, 0.5) is 23.0 Å². The number of nitrogens with one attached hydrogen (secondary N) is 1. The maximum atomic E-state index is 6.01. The summed E-state index contributed by atoms with van der Waals surface area (Å²) < 4.78 is 0. The third-order valence-electron chi connectivity index (χ3n) is 6.11. The highest BCUT2D eigenvalue weighted by atomic mass is 15.2. The van der Waals surface area contributed by atoms with Crippen molar-refractivity contribution < 1.29 is 0 Å². The number of para-hydroxylation sites is 1. The molecule has 0 aliphatic carbocycles. The first-order chi connectivity index (χ1) is 15.6. The first kappa shape index (κ1) is 20.3. The minimum atomic E-state index is 0.584. The molecule has 0 radical (unpaired) electrons. The number of anilines is 4. The summed E-state index contributed by atoms with van der Waals surface area (Å²) in [5.41, 5.74) is 13.3. The minimum absolute atomic E-state index is 0.584. The molecule has 0 unspecified atom stereocenters. The van der Waals surface area contributed by atoms with Gasteiger partial charge in [0.05, 0.1) is 5.52 Å². The number of likely N-dealkylation sites (N-methyl/N-ethyl adjacent to an activating group) is 1. The molecule has 2 heterocycles. The fourth-order valence-electron chi connectivity index (χ4n) is 4.32. The Balaban J connectivity index is 1.43. The number of nitrogens with two attached hydrogens (primary N) is 1. The number of aryl methyl sites for hydroxylation is 1. The van der Waals surface area contributed by atoms with Crippen LogP contribution in [0, 0.1) is 6.92 Å². The Kier molecular flexibility index (Phi) is 5.37. The van der Waals surface area contributed by atoms with Gasteiger partial charge in [-0.15, -0.1) is 0 Å². The first-order valence-electron chi connectivity index (χ1n) is 11.0. The average Bonchev–Trinajstić information content (AvgIpc) is 2.79. The molecule has 162 valence electrons. The second-order valence-electron chi connectivity index (χ2n) is 8.48. The highest BCUT2D eigenvalue weighted by Gasteiger charge is 2.16. The van der Waals surface area contributed by atoms with Crippen LogP contribution in [0.2, 0.25) is 0 Å². The van der Waals surface area contributed by atoms with Gasteiger partial charge in [0, 0.05) is 60.4 Å². The van der Waals surface area contributed by atoms with Gasteiger partial charge in [-0.05, 0) is 55.4 Å². The first-order valence-corrected chi connectivity index (χ1v) is 11.0. The van der Waals surface area contributed by atoms with Crippen LogP contribution >= 0.6 is 0 Å². The normalized spacial score (nSPS) is 14.6. The van der Waals surface area contributed by atoms with Crippen LogP contribution in [0.1, 0.15) is 5.56 Å². The Morgan fingerprint density at radius 3 is 2.53 bits per heavy atom. The fraction of sp³-hybridized carbons (Fsp3) is 0.231. The van der Waals surface area contributed by atoms with Crippen molar-refractivity contribution in [2.24, 2.45) is 0 Å². The largest absolute Gasteiger partial charge is 0.399 e. The number of benzene rings is 3. The van der Waals surface area contributed by atoms with Crippen LogP contribution in [-0.4, -0.2) is 48.1 Å². The van der Waals surface area contributed by atoms with E-state index < -0.39 is 0 Å². The number of hydrogen-bond acceptors (Lipinski definition) is 6. The Morgan fingerprint density at radius 1 is 0.938 bits per heavy atom. The zero-order valence-electron chi connectivity index (χ0n) is 18.5. The molecule has 1 aliphatic heterocycles. The van der Waals surface area contributed by atoms with E-state index in [-0.39, 0.29) is 0 Å². The molecule has 0 bridgehead atoms. The predicted octanol–water partition coefficient (Wildman–Crippen LogP) is 4.68. The standard InChI is InChI=1S/C26H28N6/c1-18-15-22(9-10-24(18)32-13-11-31(2)12-14-32)29-26-28-17-20-6-4-8-23(25(20)30-26)19-5-3-7-21(27)16-19/h3-10,15-17H,11-14,27H2,1-2H3,(H,28,29,30). The lowest BCUT2D eigenvalue weighted by Crippen LogP contribution is -2.44. The van der Waals surface area contributed by atoms with E-state index in [0.717, 1.165) is 59.6 Å². The summed E-state index contributed by atoms with van der Waals surface area (Å²) in [6, 6.07) is 20.5. The minimum Gasteiger partial charge on any atom is -0.399 e. The number of aromatic nitrogens is 2. The van der Waals surface area contributed by atoms with Crippen LogP contribution < -0.4 is 16.0 Å².